The molecule has 0 spiro atoms. The molecule has 4 aromatic carbocycles. The number of rotatable bonds is 13. The van der Waals surface area contributed by atoms with Gasteiger partial charge in [-0.05, 0) is 110 Å². The molecule has 5 N–H and O–H groups in total. The van der Waals surface area contributed by atoms with Crippen molar-refractivity contribution in [1.82, 2.24) is 30.6 Å². The minimum atomic E-state index is -0.740. The highest BCUT2D eigenvalue weighted by atomic mass is 35.5. The second kappa shape index (κ2) is 19.7. The number of benzene rings is 4. The summed E-state index contributed by atoms with van der Waals surface area (Å²) in [4.78, 5) is 62.6. The summed E-state index contributed by atoms with van der Waals surface area (Å²) in [5.41, 5.74) is 6.38. The van der Waals surface area contributed by atoms with Crippen molar-refractivity contribution in [3.8, 4) is 0 Å². The molecular formula is C46H47ClF2N10O4. The fourth-order valence-electron chi connectivity index (χ4n) is 8.08. The number of halogens is 3. The largest absolute Gasteiger partial charge is 0.369 e. The zero-order chi connectivity index (χ0) is 43.9. The van der Waals surface area contributed by atoms with E-state index in [1.165, 1.54) is 12.1 Å². The standard InChI is InChI=1S/C46H47ClF2N10O4/c47-37-3-1-2-4-40(37)53-43(61)31-5-9-32(10-6-31)51-42-39(49)28-50-46(55-42)52-33-11-14-36(38(48)27-33)45(63)56-59-21-18-29(19-22-59)17-20-57-23-25-58(26-24-57)34-12-7-30(8-13-34)35-15-16-41(60)54-44(35)62/h1-14,27-29,35H,15-26H2,(H,53,61)(H,56,63)(H,54,60,62)(H2,50,51,52,55). The highest BCUT2D eigenvalue weighted by Gasteiger charge is 2.29. The maximum Gasteiger partial charge on any atom is 0.268 e. The number of hydrogen-bond donors (Lipinski definition) is 5. The second-order valence-corrected chi connectivity index (χ2v) is 16.3. The summed E-state index contributed by atoms with van der Waals surface area (Å²) >= 11 is 6.14. The first kappa shape index (κ1) is 43.2. The zero-order valence-corrected chi connectivity index (χ0v) is 35.1. The molecule has 1 unspecified atom stereocenters. The van der Waals surface area contributed by atoms with Gasteiger partial charge in [-0.2, -0.15) is 4.98 Å². The van der Waals surface area contributed by atoms with Crippen LogP contribution < -0.4 is 31.6 Å². The van der Waals surface area contributed by atoms with Gasteiger partial charge in [0.05, 0.1) is 28.4 Å². The van der Waals surface area contributed by atoms with Gasteiger partial charge >= 0.3 is 0 Å². The zero-order valence-electron chi connectivity index (χ0n) is 34.4. The number of hydrazine groups is 1. The van der Waals surface area contributed by atoms with Crippen molar-refractivity contribution in [2.45, 2.75) is 38.0 Å². The fourth-order valence-corrected chi connectivity index (χ4v) is 8.26. The second-order valence-electron chi connectivity index (χ2n) is 15.9. The third-order valence-corrected chi connectivity index (χ3v) is 12.1. The first-order valence-corrected chi connectivity index (χ1v) is 21.4. The number of piperazine rings is 1. The van der Waals surface area contributed by atoms with Crippen molar-refractivity contribution in [2.75, 3.05) is 66.7 Å². The summed E-state index contributed by atoms with van der Waals surface area (Å²) in [6.45, 7) is 6.11. The molecule has 3 aliphatic heterocycles. The van der Waals surface area contributed by atoms with Crippen LogP contribution in [0.15, 0.2) is 97.2 Å². The number of amides is 4. The molecular weight excluding hydrogens is 830 g/mol. The maximum absolute atomic E-state index is 15.3. The molecule has 14 nitrogen and oxygen atoms in total. The van der Waals surface area contributed by atoms with Crippen molar-refractivity contribution in [3.05, 3.63) is 131 Å². The van der Waals surface area contributed by atoms with Gasteiger partial charge in [-0.15, -0.1) is 0 Å². The van der Waals surface area contributed by atoms with Crippen LogP contribution in [-0.4, -0.2) is 89.3 Å². The molecule has 1 aromatic heterocycles. The van der Waals surface area contributed by atoms with Gasteiger partial charge in [-0.25, -0.2) is 18.8 Å². The Bertz CT molecular complexity index is 2460. The molecule has 0 aliphatic carbocycles. The smallest absolute Gasteiger partial charge is 0.268 e. The van der Waals surface area contributed by atoms with Crippen LogP contribution in [0.25, 0.3) is 0 Å². The molecule has 17 heteroatoms. The monoisotopic (exact) mass is 876 g/mol. The van der Waals surface area contributed by atoms with Crippen LogP contribution in [0.4, 0.5) is 43.3 Å². The van der Waals surface area contributed by atoms with E-state index in [0.29, 0.717) is 53.8 Å². The van der Waals surface area contributed by atoms with Gasteiger partial charge in [-0.3, -0.25) is 34.8 Å². The van der Waals surface area contributed by atoms with Crippen LogP contribution in [0.2, 0.25) is 5.02 Å². The van der Waals surface area contributed by atoms with Gasteiger partial charge in [0.25, 0.3) is 11.8 Å². The lowest BCUT2D eigenvalue weighted by molar-refractivity contribution is -0.134. The summed E-state index contributed by atoms with van der Waals surface area (Å²) in [6, 6.07) is 25.4. The van der Waals surface area contributed by atoms with Gasteiger partial charge < -0.3 is 20.9 Å². The summed E-state index contributed by atoms with van der Waals surface area (Å²) in [5.74, 6) is -2.70. The van der Waals surface area contributed by atoms with Crippen LogP contribution in [0, 0.1) is 17.6 Å². The van der Waals surface area contributed by atoms with E-state index in [-0.39, 0.29) is 46.7 Å². The molecule has 0 radical (unpaired) electrons. The fraction of sp³-hybridized carbons (Fsp3) is 0.304. The summed E-state index contributed by atoms with van der Waals surface area (Å²) in [5, 5.41) is 13.2. The quantitative estimate of drug-likeness (QED) is 0.0759. The third-order valence-electron chi connectivity index (χ3n) is 11.7. The van der Waals surface area contributed by atoms with E-state index < -0.39 is 17.5 Å². The predicted molar refractivity (Wildman–Crippen MR) is 237 cm³/mol. The van der Waals surface area contributed by atoms with Gasteiger partial charge in [0.2, 0.25) is 17.8 Å². The minimum absolute atomic E-state index is 0.00739. The first-order chi connectivity index (χ1) is 30.5. The topological polar surface area (TPSA) is 164 Å². The molecule has 3 fully saturated rings. The number of carbonyl (C=O) groups excluding carboxylic acids is 4. The van der Waals surface area contributed by atoms with E-state index in [4.69, 9.17) is 11.6 Å². The molecule has 326 valence electrons. The summed E-state index contributed by atoms with van der Waals surface area (Å²) < 4.78 is 30.0. The lowest BCUT2D eigenvalue weighted by Crippen LogP contribution is -2.48. The minimum Gasteiger partial charge on any atom is -0.369 e. The molecule has 4 amide bonds. The predicted octanol–water partition coefficient (Wildman–Crippen LogP) is 7.24. The molecule has 3 aliphatic rings. The lowest BCUT2D eigenvalue weighted by Gasteiger charge is -2.37. The first-order valence-electron chi connectivity index (χ1n) is 21.0. The van der Waals surface area contributed by atoms with Crippen LogP contribution in [-0.2, 0) is 9.59 Å². The van der Waals surface area contributed by atoms with Crippen LogP contribution >= 0.6 is 11.6 Å². The van der Waals surface area contributed by atoms with Gasteiger partial charge in [0.1, 0.15) is 5.82 Å². The summed E-state index contributed by atoms with van der Waals surface area (Å²) in [6.07, 6.45) is 4.80. The van der Waals surface area contributed by atoms with E-state index in [2.05, 4.69) is 58.6 Å². The van der Waals surface area contributed by atoms with Crippen molar-refractivity contribution < 1.29 is 28.0 Å². The SMILES string of the molecule is O=C1CCC(c2ccc(N3CCN(CCC4CCN(NC(=O)c5ccc(Nc6ncc(F)c(Nc7ccc(C(=O)Nc8ccccc8Cl)cc7)n6)cc5F)CC4)CC3)cc2)C(=O)N1. The number of piperidine rings is 2. The van der Waals surface area contributed by atoms with E-state index >= 15 is 4.39 Å². The lowest BCUT2D eigenvalue weighted by atomic mass is 9.90. The van der Waals surface area contributed by atoms with E-state index in [0.717, 1.165) is 75.5 Å². The number of para-hydroxylation sites is 1. The van der Waals surface area contributed by atoms with Gasteiger partial charge in [0.15, 0.2) is 11.6 Å². The molecule has 3 saturated heterocycles. The Morgan fingerprint density at radius 2 is 1.52 bits per heavy atom. The van der Waals surface area contributed by atoms with Gasteiger partial charge in [0, 0.05) is 68.3 Å². The number of nitrogens with zero attached hydrogens (tertiary/aromatic N) is 5. The van der Waals surface area contributed by atoms with Crippen molar-refractivity contribution in [3.63, 3.8) is 0 Å². The molecule has 0 bridgehead atoms. The number of imide groups is 1. The summed E-state index contributed by atoms with van der Waals surface area (Å²) in [7, 11) is 0. The Kier molecular flexibility index (Phi) is 13.5. The normalized spacial score (nSPS) is 17.5. The van der Waals surface area contributed by atoms with Crippen molar-refractivity contribution >= 4 is 69.7 Å². The Balaban J connectivity index is 0.754. The van der Waals surface area contributed by atoms with Crippen LogP contribution in [0.3, 0.4) is 0 Å². The molecule has 8 rings (SSSR count). The molecule has 4 heterocycles. The van der Waals surface area contributed by atoms with E-state index in [9.17, 15) is 23.6 Å². The van der Waals surface area contributed by atoms with Gasteiger partial charge in [-0.1, -0.05) is 35.9 Å². The average molecular weight is 877 g/mol. The molecule has 1 atom stereocenters. The van der Waals surface area contributed by atoms with Crippen molar-refractivity contribution in [2.24, 2.45) is 5.92 Å². The molecule has 63 heavy (non-hydrogen) atoms. The number of anilines is 6. The van der Waals surface area contributed by atoms with Crippen molar-refractivity contribution in [1.29, 1.82) is 0 Å². The molecule has 5 aromatic rings. The van der Waals surface area contributed by atoms with E-state index in [1.54, 1.807) is 48.5 Å². The number of hydrogen-bond acceptors (Lipinski definition) is 11. The van der Waals surface area contributed by atoms with Crippen LogP contribution in [0.1, 0.15) is 64.3 Å². The molecule has 0 saturated carbocycles. The Hall–Kier alpha value is -6.49. The Morgan fingerprint density at radius 1 is 0.794 bits per heavy atom. The highest BCUT2D eigenvalue weighted by Crippen LogP contribution is 2.29. The number of nitrogens with one attached hydrogen (secondary N) is 5. The third kappa shape index (κ3) is 10.9. The Morgan fingerprint density at radius 3 is 2.24 bits per heavy atom. The van der Waals surface area contributed by atoms with E-state index in [1.807, 2.05) is 17.1 Å². The van der Waals surface area contributed by atoms with Crippen LogP contribution in [0.5, 0.6) is 0 Å². The highest BCUT2D eigenvalue weighted by molar-refractivity contribution is 6.33. The average Bonchev–Trinajstić information content (AvgIpc) is 3.28. The number of carbonyl (C=O) groups is 4. The number of aromatic nitrogens is 2. The maximum atomic E-state index is 15.3. The Labute approximate surface area is 368 Å².